The van der Waals surface area contributed by atoms with E-state index in [1.807, 2.05) is 0 Å². The van der Waals surface area contributed by atoms with E-state index < -0.39 is 17.4 Å². The molecule has 0 radical (unpaired) electrons. The summed E-state index contributed by atoms with van der Waals surface area (Å²) in [6, 6.07) is 6.97. The van der Waals surface area contributed by atoms with E-state index in [0.717, 1.165) is 5.56 Å². The Bertz CT molecular complexity index is 556. The molecule has 1 aromatic rings. The Kier molecular flexibility index (Phi) is 5.98. The number of carboxylic acids is 1. The minimum atomic E-state index is -1.70. The highest BCUT2D eigenvalue weighted by Crippen LogP contribution is 2.34. The SMILES string of the molecule is C#CCCCC(C(=O)O)(C(=O)OCC)c1ccccc1C. The Morgan fingerprint density at radius 2 is 2.05 bits per heavy atom. The number of benzene rings is 1. The van der Waals surface area contributed by atoms with Crippen LogP contribution in [0.15, 0.2) is 24.3 Å². The molecule has 1 unspecified atom stereocenters. The molecule has 0 bridgehead atoms. The van der Waals surface area contributed by atoms with Crippen LogP contribution in [0.3, 0.4) is 0 Å². The molecule has 0 saturated heterocycles. The smallest absolute Gasteiger partial charge is 0.328 e. The number of rotatable bonds is 7. The molecule has 1 aromatic carbocycles. The van der Waals surface area contributed by atoms with Crippen LogP contribution in [0.5, 0.6) is 0 Å². The number of terminal acetylenes is 1. The molecule has 112 valence electrons. The summed E-state index contributed by atoms with van der Waals surface area (Å²) in [4.78, 5) is 24.3. The minimum Gasteiger partial charge on any atom is -0.480 e. The van der Waals surface area contributed by atoms with Crippen LogP contribution >= 0.6 is 0 Å². The van der Waals surface area contributed by atoms with Gasteiger partial charge in [0.1, 0.15) is 0 Å². The molecule has 0 saturated carbocycles. The first-order chi connectivity index (χ1) is 10.0. The molecule has 0 aliphatic heterocycles. The fourth-order valence-corrected chi connectivity index (χ4v) is 2.42. The summed E-state index contributed by atoms with van der Waals surface area (Å²) in [5, 5.41) is 9.75. The molecule has 1 rings (SSSR count). The predicted molar refractivity (Wildman–Crippen MR) is 79.8 cm³/mol. The maximum atomic E-state index is 12.4. The number of aryl methyl sites for hydroxylation is 1. The molecule has 0 aromatic heterocycles. The summed E-state index contributed by atoms with van der Waals surface area (Å²) in [5.74, 6) is 0.537. The summed E-state index contributed by atoms with van der Waals surface area (Å²) in [6.07, 6.45) is 6.20. The van der Waals surface area contributed by atoms with Gasteiger partial charge in [-0.2, -0.15) is 0 Å². The third-order valence-electron chi connectivity index (χ3n) is 3.47. The van der Waals surface area contributed by atoms with E-state index >= 15 is 0 Å². The Balaban J connectivity index is 3.37. The van der Waals surface area contributed by atoms with Crippen LogP contribution in [-0.4, -0.2) is 23.7 Å². The van der Waals surface area contributed by atoms with E-state index in [0.29, 0.717) is 18.4 Å². The molecular weight excluding hydrogens is 268 g/mol. The van der Waals surface area contributed by atoms with Crippen LogP contribution in [-0.2, 0) is 19.7 Å². The molecule has 0 aliphatic rings. The van der Waals surface area contributed by atoms with Gasteiger partial charge in [0.25, 0.3) is 0 Å². The van der Waals surface area contributed by atoms with E-state index in [4.69, 9.17) is 11.2 Å². The van der Waals surface area contributed by atoms with Crippen LogP contribution in [0.1, 0.15) is 37.3 Å². The summed E-state index contributed by atoms with van der Waals surface area (Å²) in [5.41, 5.74) is -0.486. The zero-order valence-corrected chi connectivity index (χ0v) is 12.4. The van der Waals surface area contributed by atoms with Gasteiger partial charge in [-0.25, -0.2) is 0 Å². The second-order valence-corrected chi connectivity index (χ2v) is 4.80. The zero-order valence-electron chi connectivity index (χ0n) is 12.4. The molecule has 1 N–H and O–H groups in total. The molecule has 0 aliphatic carbocycles. The lowest BCUT2D eigenvalue weighted by Crippen LogP contribution is -2.45. The third kappa shape index (κ3) is 3.43. The summed E-state index contributed by atoms with van der Waals surface area (Å²) < 4.78 is 5.04. The van der Waals surface area contributed by atoms with Crippen molar-refractivity contribution in [1.82, 2.24) is 0 Å². The summed E-state index contributed by atoms with van der Waals surface area (Å²) in [7, 11) is 0. The van der Waals surface area contributed by atoms with Crippen molar-refractivity contribution < 1.29 is 19.4 Å². The standard InChI is InChI=1S/C17H20O4/c1-4-6-9-12-17(15(18)19,16(20)21-5-2)14-11-8-7-10-13(14)3/h1,7-8,10-11H,5-6,9,12H2,2-3H3,(H,18,19). The molecule has 0 amide bonds. The van der Waals surface area contributed by atoms with E-state index in [1.54, 1.807) is 38.1 Å². The van der Waals surface area contributed by atoms with Gasteiger partial charge in [-0.1, -0.05) is 24.3 Å². The highest BCUT2D eigenvalue weighted by atomic mass is 16.5. The number of carbonyl (C=O) groups excluding carboxylic acids is 1. The number of aliphatic carboxylic acids is 1. The first kappa shape index (κ1) is 16.8. The fourth-order valence-electron chi connectivity index (χ4n) is 2.42. The van der Waals surface area contributed by atoms with Crippen molar-refractivity contribution in [2.75, 3.05) is 6.61 Å². The Morgan fingerprint density at radius 1 is 1.38 bits per heavy atom. The highest BCUT2D eigenvalue weighted by molar-refractivity contribution is 6.05. The first-order valence-electron chi connectivity index (χ1n) is 6.90. The van der Waals surface area contributed by atoms with E-state index in [1.165, 1.54) is 0 Å². The van der Waals surface area contributed by atoms with Gasteiger partial charge in [0.15, 0.2) is 5.41 Å². The summed E-state index contributed by atoms with van der Waals surface area (Å²) in [6.45, 7) is 3.58. The minimum absolute atomic E-state index is 0.121. The van der Waals surface area contributed by atoms with Crippen LogP contribution in [0, 0.1) is 19.3 Å². The number of hydrogen-bond donors (Lipinski definition) is 1. The predicted octanol–water partition coefficient (Wildman–Crippen LogP) is 2.68. The van der Waals surface area contributed by atoms with Crippen LogP contribution in [0.25, 0.3) is 0 Å². The van der Waals surface area contributed by atoms with Gasteiger partial charge < -0.3 is 9.84 Å². The number of esters is 1. The number of carbonyl (C=O) groups is 2. The molecule has 1 atom stereocenters. The maximum Gasteiger partial charge on any atom is 0.328 e. The first-order valence-corrected chi connectivity index (χ1v) is 6.90. The van der Waals surface area contributed by atoms with Gasteiger partial charge in [-0.3, -0.25) is 9.59 Å². The summed E-state index contributed by atoms with van der Waals surface area (Å²) >= 11 is 0. The van der Waals surface area contributed by atoms with Crippen molar-refractivity contribution in [3.05, 3.63) is 35.4 Å². The van der Waals surface area contributed by atoms with Gasteiger partial charge in [0.05, 0.1) is 6.61 Å². The quantitative estimate of drug-likeness (QED) is 0.362. The Morgan fingerprint density at radius 3 is 2.57 bits per heavy atom. The number of carboxylic acid groups (broad SMARTS) is 1. The topological polar surface area (TPSA) is 63.6 Å². The lowest BCUT2D eigenvalue weighted by molar-refractivity contribution is -0.162. The number of hydrogen-bond acceptors (Lipinski definition) is 3. The largest absolute Gasteiger partial charge is 0.480 e. The van der Waals surface area contributed by atoms with Crippen LogP contribution < -0.4 is 0 Å². The van der Waals surface area contributed by atoms with Crippen molar-refractivity contribution >= 4 is 11.9 Å². The van der Waals surface area contributed by atoms with Gasteiger partial charge in [0, 0.05) is 6.42 Å². The Hall–Kier alpha value is -2.28. The monoisotopic (exact) mass is 288 g/mol. The van der Waals surface area contributed by atoms with E-state index in [9.17, 15) is 14.7 Å². The van der Waals surface area contributed by atoms with Crippen LogP contribution in [0.4, 0.5) is 0 Å². The molecule has 4 nitrogen and oxygen atoms in total. The molecule has 0 spiro atoms. The normalized spacial score (nSPS) is 13.0. The third-order valence-corrected chi connectivity index (χ3v) is 3.47. The lowest BCUT2D eigenvalue weighted by Gasteiger charge is -2.28. The van der Waals surface area contributed by atoms with Crippen molar-refractivity contribution in [3.8, 4) is 12.3 Å². The van der Waals surface area contributed by atoms with E-state index in [-0.39, 0.29) is 13.0 Å². The van der Waals surface area contributed by atoms with Gasteiger partial charge in [-0.15, -0.1) is 12.3 Å². The van der Waals surface area contributed by atoms with Crippen molar-refractivity contribution in [3.63, 3.8) is 0 Å². The highest BCUT2D eigenvalue weighted by Gasteiger charge is 2.49. The van der Waals surface area contributed by atoms with Gasteiger partial charge >= 0.3 is 11.9 Å². The average molecular weight is 288 g/mol. The second kappa shape index (κ2) is 7.49. The van der Waals surface area contributed by atoms with Crippen molar-refractivity contribution in [2.24, 2.45) is 0 Å². The van der Waals surface area contributed by atoms with Crippen LogP contribution in [0.2, 0.25) is 0 Å². The lowest BCUT2D eigenvalue weighted by atomic mass is 9.74. The zero-order chi connectivity index (χ0) is 15.9. The van der Waals surface area contributed by atoms with Crippen molar-refractivity contribution in [1.29, 1.82) is 0 Å². The molecule has 21 heavy (non-hydrogen) atoms. The molecule has 0 heterocycles. The average Bonchev–Trinajstić information content (AvgIpc) is 2.44. The molecule has 0 fully saturated rings. The van der Waals surface area contributed by atoms with E-state index in [2.05, 4.69) is 5.92 Å². The maximum absolute atomic E-state index is 12.4. The Labute approximate surface area is 125 Å². The number of ether oxygens (including phenoxy) is 1. The second-order valence-electron chi connectivity index (χ2n) is 4.80. The fraction of sp³-hybridized carbons (Fsp3) is 0.412. The van der Waals surface area contributed by atoms with Gasteiger partial charge in [0.2, 0.25) is 0 Å². The van der Waals surface area contributed by atoms with Gasteiger partial charge in [-0.05, 0) is 37.8 Å². The van der Waals surface area contributed by atoms with Crippen molar-refractivity contribution in [2.45, 2.75) is 38.5 Å². The molecular formula is C17H20O4. The number of unbranched alkanes of at least 4 members (excludes halogenated alkanes) is 1. The molecule has 4 heteroatoms.